The summed E-state index contributed by atoms with van der Waals surface area (Å²) in [6, 6.07) is 5.47. The summed E-state index contributed by atoms with van der Waals surface area (Å²) in [7, 11) is 0. The number of amides is 1. The van der Waals surface area contributed by atoms with Crippen molar-refractivity contribution >= 4 is 5.91 Å². The van der Waals surface area contributed by atoms with Crippen LogP contribution in [0.5, 0.6) is 0 Å². The molecule has 3 heteroatoms. The van der Waals surface area contributed by atoms with Crippen LogP contribution in [-0.4, -0.2) is 11.0 Å². The highest BCUT2D eigenvalue weighted by Crippen LogP contribution is 2.16. The zero-order valence-electron chi connectivity index (χ0n) is 7.74. The lowest BCUT2D eigenvalue weighted by molar-refractivity contribution is -0.126. The van der Waals surface area contributed by atoms with E-state index in [1.807, 2.05) is 19.9 Å². The average molecular weight is 179 g/mol. The van der Waals surface area contributed by atoms with Crippen molar-refractivity contribution in [3.63, 3.8) is 0 Å². The minimum Gasteiger partial charge on any atom is -0.378 e. The molecule has 0 aliphatic rings. The molecule has 1 aromatic rings. The van der Waals surface area contributed by atoms with Crippen molar-refractivity contribution in [1.29, 1.82) is 0 Å². The first-order valence-electron chi connectivity index (χ1n) is 4.06. The van der Waals surface area contributed by atoms with Gasteiger partial charge in [0.2, 0.25) is 0 Å². The molecule has 3 N–H and O–H groups in total. The van der Waals surface area contributed by atoms with Crippen molar-refractivity contribution < 1.29 is 9.90 Å². The second-order valence-corrected chi connectivity index (χ2v) is 3.23. The summed E-state index contributed by atoms with van der Waals surface area (Å²) in [6.07, 6.45) is -1.20. The predicted molar refractivity (Wildman–Crippen MR) is 50.1 cm³/mol. The van der Waals surface area contributed by atoms with Crippen molar-refractivity contribution in [2.45, 2.75) is 20.0 Å². The molecule has 0 spiro atoms. The Morgan fingerprint density at radius 3 is 2.15 bits per heavy atom. The minimum absolute atomic E-state index is 0.560. The van der Waals surface area contributed by atoms with Crippen LogP contribution in [0.15, 0.2) is 18.2 Å². The molecule has 0 aromatic heterocycles. The number of primary amides is 1. The fraction of sp³-hybridized carbons (Fsp3) is 0.300. The van der Waals surface area contributed by atoms with E-state index in [1.54, 1.807) is 12.1 Å². The van der Waals surface area contributed by atoms with Gasteiger partial charge in [-0.2, -0.15) is 0 Å². The molecule has 0 bridgehead atoms. The Morgan fingerprint density at radius 2 is 1.77 bits per heavy atom. The number of aryl methyl sites for hydroxylation is 2. The molecule has 1 rings (SSSR count). The highest BCUT2D eigenvalue weighted by Gasteiger charge is 2.13. The maximum absolute atomic E-state index is 10.7. The van der Waals surface area contributed by atoms with Gasteiger partial charge in [-0.3, -0.25) is 4.79 Å². The number of carbonyl (C=O) groups excluding carboxylic acids is 1. The Labute approximate surface area is 77.2 Å². The zero-order chi connectivity index (χ0) is 10.0. The van der Waals surface area contributed by atoms with Crippen LogP contribution in [0.1, 0.15) is 22.8 Å². The maximum atomic E-state index is 10.7. The summed E-state index contributed by atoms with van der Waals surface area (Å²) in [6.45, 7) is 3.81. The first-order valence-corrected chi connectivity index (χ1v) is 4.06. The van der Waals surface area contributed by atoms with Gasteiger partial charge < -0.3 is 10.8 Å². The highest BCUT2D eigenvalue weighted by atomic mass is 16.3. The normalized spacial score (nSPS) is 12.5. The summed E-state index contributed by atoms with van der Waals surface area (Å²) in [4.78, 5) is 10.7. The first-order chi connectivity index (χ1) is 6.00. The zero-order valence-corrected chi connectivity index (χ0v) is 7.74. The van der Waals surface area contributed by atoms with Crippen molar-refractivity contribution in [2.24, 2.45) is 5.73 Å². The molecular formula is C10H13NO2. The molecule has 1 aromatic carbocycles. The molecule has 0 fully saturated rings. The lowest BCUT2D eigenvalue weighted by Gasteiger charge is -2.08. The van der Waals surface area contributed by atoms with Gasteiger partial charge in [0.25, 0.3) is 5.91 Å². The smallest absolute Gasteiger partial charge is 0.250 e. The molecule has 1 unspecified atom stereocenters. The lowest BCUT2D eigenvalue weighted by Crippen LogP contribution is -2.20. The number of hydrogen-bond donors (Lipinski definition) is 2. The fourth-order valence-corrected chi connectivity index (χ4v) is 1.33. The van der Waals surface area contributed by atoms with Crippen LogP contribution >= 0.6 is 0 Å². The third-order valence-corrected chi connectivity index (χ3v) is 1.83. The van der Waals surface area contributed by atoms with E-state index in [0.717, 1.165) is 11.1 Å². The Kier molecular flexibility index (Phi) is 2.68. The third kappa shape index (κ3) is 2.29. The van der Waals surface area contributed by atoms with Crippen LogP contribution in [0, 0.1) is 13.8 Å². The number of aliphatic hydroxyl groups is 1. The van der Waals surface area contributed by atoms with Crippen molar-refractivity contribution in [1.82, 2.24) is 0 Å². The molecule has 0 aliphatic heterocycles. The monoisotopic (exact) mass is 179 g/mol. The van der Waals surface area contributed by atoms with E-state index in [9.17, 15) is 9.90 Å². The Morgan fingerprint density at radius 1 is 1.31 bits per heavy atom. The maximum Gasteiger partial charge on any atom is 0.250 e. The van der Waals surface area contributed by atoms with Gasteiger partial charge in [-0.05, 0) is 19.4 Å². The van der Waals surface area contributed by atoms with Crippen LogP contribution in [0.2, 0.25) is 0 Å². The van der Waals surface area contributed by atoms with Gasteiger partial charge >= 0.3 is 0 Å². The summed E-state index contributed by atoms with van der Waals surface area (Å²) >= 11 is 0. The largest absolute Gasteiger partial charge is 0.378 e. The number of rotatable bonds is 2. The van der Waals surface area contributed by atoms with E-state index in [0.29, 0.717) is 5.56 Å². The minimum atomic E-state index is -1.20. The van der Waals surface area contributed by atoms with Crippen LogP contribution in [0.3, 0.4) is 0 Å². The number of benzene rings is 1. The topological polar surface area (TPSA) is 63.3 Å². The van der Waals surface area contributed by atoms with Crippen molar-refractivity contribution in [3.05, 3.63) is 34.9 Å². The van der Waals surface area contributed by atoms with E-state index >= 15 is 0 Å². The number of carbonyl (C=O) groups is 1. The van der Waals surface area contributed by atoms with E-state index < -0.39 is 12.0 Å². The Balaban J connectivity index is 3.07. The second kappa shape index (κ2) is 3.58. The van der Waals surface area contributed by atoms with Gasteiger partial charge in [0, 0.05) is 0 Å². The van der Waals surface area contributed by atoms with Gasteiger partial charge in [-0.1, -0.05) is 29.3 Å². The van der Waals surface area contributed by atoms with Gasteiger partial charge in [0.1, 0.15) is 0 Å². The molecular weight excluding hydrogens is 166 g/mol. The van der Waals surface area contributed by atoms with Crippen molar-refractivity contribution in [3.8, 4) is 0 Å². The lowest BCUT2D eigenvalue weighted by atomic mass is 10.0. The second-order valence-electron chi connectivity index (χ2n) is 3.23. The van der Waals surface area contributed by atoms with Gasteiger partial charge in [-0.15, -0.1) is 0 Å². The predicted octanol–water partition coefficient (Wildman–Crippen LogP) is 0.822. The van der Waals surface area contributed by atoms with Crippen LogP contribution in [0.25, 0.3) is 0 Å². The molecule has 13 heavy (non-hydrogen) atoms. The van der Waals surface area contributed by atoms with Crippen LogP contribution in [-0.2, 0) is 4.79 Å². The third-order valence-electron chi connectivity index (χ3n) is 1.83. The first kappa shape index (κ1) is 9.74. The van der Waals surface area contributed by atoms with Crippen LogP contribution in [0.4, 0.5) is 0 Å². The molecule has 1 amide bonds. The van der Waals surface area contributed by atoms with E-state index in [4.69, 9.17) is 5.73 Å². The summed E-state index contributed by atoms with van der Waals surface area (Å²) in [5.41, 5.74) is 7.56. The molecule has 1 atom stereocenters. The number of nitrogens with two attached hydrogens (primary N) is 1. The molecule has 0 saturated heterocycles. The van der Waals surface area contributed by atoms with Gasteiger partial charge in [0.15, 0.2) is 6.10 Å². The van der Waals surface area contributed by atoms with Gasteiger partial charge in [0.05, 0.1) is 0 Å². The number of hydrogen-bond acceptors (Lipinski definition) is 2. The molecule has 0 heterocycles. The quantitative estimate of drug-likeness (QED) is 0.706. The molecule has 3 nitrogen and oxygen atoms in total. The highest BCUT2D eigenvalue weighted by molar-refractivity contribution is 5.80. The van der Waals surface area contributed by atoms with E-state index in [-0.39, 0.29) is 0 Å². The van der Waals surface area contributed by atoms with Crippen molar-refractivity contribution in [2.75, 3.05) is 0 Å². The summed E-state index contributed by atoms with van der Waals surface area (Å²) < 4.78 is 0. The summed E-state index contributed by atoms with van der Waals surface area (Å²) in [5, 5.41) is 9.37. The van der Waals surface area contributed by atoms with E-state index in [1.165, 1.54) is 0 Å². The molecule has 0 saturated carbocycles. The van der Waals surface area contributed by atoms with E-state index in [2.05, 4.69) is 0 Å². The molecule has 70 valence electrons. The summed E-state index contributed by atoms with van der Waals surface area (Å²) in [5.74, 6) is -0.718. The molecule has 0 aliphatic carbocycles. The number of aliphatic hydroxyl groups excluding tert-OH is 1. The van der Waals surface area contributed by atoms with Crippen LogP contribution < -0.4 is 5.73 Å². The Bertz CT molecular complexity index is 313. The fourth-order valence-electron chi connectivity index (χ4n) is 1.33. The van der Waals surface area contributed by atoms with Gasteiger partial charge in [-0.25, -0.2) is 0 Å². The average Bonchev–Trinajstić information content (AvgIpc) is 2.01. The SMILES string of the molecule is Cc1cc(C)cc(C(O)C(N)=O)c1. The standard InChI is InChI=1S/C10H13NO2/c1-6-3-7(2)5-8(4-6)9(12)10(11)13/h3-5,9,12H,1-2H3,(H2,11,13). The Hall–Kier alpha value is -1.35. The molecule has 0 radical (unpaired) electrons.